The number of hydrogen-bond acceptors (Lipinski definition) is 2. The molecule has 17 heavy (non-hydrogen) atoms. The second kappa shape index (κ2) is 5.83. The Hall–Kier alpha value is -0.610. The van der Waals surface area contributed by atoms with Crippen molar-refractivity contribution >= 4 is 15.9 Å². The molecule has 0 aromatic heterocycles. The fourth-order valence-corrected chi connectivity index (χ4v) is 2.67. The topological polar surface area (TPSA) is 18.5 Å². The minimum absolute atomic E-state index is 0.174. The van der Waals surface area contributed by atoms with Crippen molar-refractivity contribution in [2.75, 3.05) is 12.4 Å². The van der Waals surface area contributed by atoms with Crippen molar-refractivity contribution in [1.29, 1.82) is 0 Å². The van der Waals surface area contributed by atoms with Crippen LogP contribution in [0.1, 0.15) is 18.4 Å². The largest absolute Gasteiger partial charge is 0.496 e. The fraction of sp³-hybridized carbons (Fsp3) is 0.538. The van der Waals surface area contributed by atoms with Crippen molar-refractivity contribution in [3.05, 3.63) is 29.6 Å². The van der Waals surface area contributed by atoms with Crippen LogP contribution in [0.15, 0.2) is 18.2 Å². The van der Waals surface area contributed by atoms with Gasteiger partial charge in [-0.05, 0) is 36.6 Å². The van der Waals surface area contributed by atoms with E-state index in [0.717, 1.165) is 29.5 Å². The summed E-state index contributed by atoms with van der Waals surface area (Å²) in [5.41, 5.74) is 0.882. The number of benzene rings is 1. The van der Waals surface area contributed by atoms with Crippen LogP contribution in [0.5, 0.6) is 5.75 Å². The third-order valence-corrected chi connectivity index (χ3v) is 3.78. The van der Waals surface area contributed by atoms with Crippen molar-refractivity contribution in [3.8, 4) is 5.75 Å². The fourth-order valence-electron chi connectivity index (χ4n) is 2.20. The summed E-state index contributed by atoms with van der Waals surface area (Å²) in [6.07, 6.45) is 3.27. The molecule has 0 N–H and O–H groups in total. The molecule has 94 valence electrons. The lowest BCUT2D eigenvalue weighted by Crippen LogP contribution is -2.14. The molecule has 1 aromatic rings. The van der Waals surface area contributed by atoms with Gasteiger partial charge in [-0.25, -0.2) is 4.39 Å². The van der Waals surface area contributed by atoms with Crippen molar-refractivity contribution in [2.24, 2.45) is 0 Å². The molecule has 0 aliphatic carbocycles. The smallest absolute Gasteiger partial charge is 0.123 e. The van der Waals surface area contributed by atoms with E-state index in [9.17, 15) is 4.39 Å². The number of hydrogen-bond donors (Lipinski definition) is 0. The van der Waals surface area contributed by atoms with Crippen LogP contribution < -0.4 is 4.74 Å². The van der Waals surface area contributed by atoms with Crippen molar-refractivity contribution in [3.63, 3.8) is 0 Å². The first kappa shape index (κ1) is 12.8. The lowest BCUT2D eigenvalue weighted by atomic mass is 10.0. The van der Waals surface area contributed by atoms with Crippen LogP contribution in [0.25, 0.3) is 0 Å². The summed E-state index contributed by atoms with van der Waals surface area (Å²) in [6.45, 7) is 0. The van der Waals surface area contributed by atoms with Gasteiger partial charge < -0.3 is 9.47 Å². The van der Waals surface area contributed by atoms with Crippen LogP contribution >= 0.6 is 15.9 Å². The summed E-state index contributed by atoms with van der Waals surface area (Å²) in [5, 5.41) is 0.865. The standard InChI is InChI=1S/C13H16BrFO2/c1-16-13-5-2-10(15)6-9(13)7-11-3-4-12(8-14)17-11/h2,5-6,11-12H,3-4,7-8H2,1H3/t11-,12-/m1/s1. The Morgan fingerprint density at radius 2 is 2.18 bits per heavy atom. The van der Waals surface area contributed by atoms with Gasteiger partial charge in [0.1, 0.15) is 11.6 Å². The third kappa shape index (κ3) is 3.19. The summed E-state index contributed by atoms with van der Waals surface area (Å²) in [7, 11) is 1.60. The van der Waals surface area contributed by atoms with Gasteiger partial charge in [0, 0.05) is 11.8 Å². The molecule has 1 aliphatic rings. The zero-order valence-corrected chi connectivity index (χ0v) is 11.4. The van der Waals surface area contributed by atoms with E-state index >= 15 is 0 Å². The van der Waals surface area contributed by atoms with E-state index in [1.165, 1.54) is 12.1 Å². The second-order valence-electron chi connectivity index (χ2n) is 4.27. The van der Waals surface area contributed by atoms with E-state index in [0.29, 0.717) is 12.5 Å². The molecule has 0 bridgehead atoms. The summed E-state index contributed by atoms with van der Waals surface area (Å²) < 4.78 is 24.3. The van der Waals surface area contributed by atoms with Crippen LogP contribution in [0.4, 0.5) is 4.39 Å². The minimum atomic E-state index is -0.226. The number of ether oxygens (including phenoxy) is 2. The average Bonchev–Trinajstić information content (AvgIpc) is 2.77. The second-order valence-corrected chi connectivity index (χ2v) is 4.92. The molecule has 0 spiro atoms. The van der Waals surface area contributed by atoms with Gasteiger partial charge >= 0.3 is 0 Å². The van der Waals surface area contributed by atoms with Crippen molar-refractivity contribution in [2.45, 2.75) is 31.5 Å². The van der Waals surface area contributed by atoms with E-state index in [1.54, 1.807) is 13.2 Å². The molecule has 0 saturated carbocycles. The molecule has 1 aromatic carbocycles. The van der Waals surface area contributed by atoms with E-state index < -0.39 is 0 Å². The maximum absolute atomic E-state index is 13.2. The van der Waals surface area contributed by atoms with Gasteiger partial charge in [0.15, 0.2) is 0 Å². The van der Waals surface area contributed by atoms with Crippen LogP contribution in [-0.4, -0.2) is 24.6 Å². The van der Waals surface area contributed by atoms with Crippen molar-refractivity contribution in [1.82, 2.24) is 0 Å². The molecule has 4 heteroatoms. The Kier molecular flexibility index (Phi) is 4.40. The summed E-state index contributed by atoms with van der Waals surface area (Å²) >= 11 is 3.42. The Bertz CT molecular complexity index is 384. The monoisotopic (exact) mass is 302 g/mol. The van der Waals surface area contributed by atoms with E-state index in [2.05, 4.69) is 15.9 Å². The molecule has 0 amide bonds. The highest BCUT2D eigenvalue weighted by Crippen LogP contribution is 2.28. The summed E-state index contributed by atoms with van der Waals surface area (Å²) in [6, 6.07) is 4.62. The predicted octanol–water partition coefficient (Wildman–Crippen LogP) is 3.32. The lowest BCUT2D eigenvalue weighted by Gasteiger charge is -2.14. The maximum Gasteiger partial charge on any atom is 0.123 e. The maximum atomic E-state index is 13.2. The Morgan fingerprint density at radius 3 is 2.82 bits per heavy atom. The zero-order valence-electron chi connectivity index (χ0n) is 9.79. The van der Waals surface area contributed by atoms with Gasteiger partial charge in [-0.1, -0.05) is 15.9 Å². The first-order chi connectivity index (χ1) is 8.22. The van der Waals surface area contributed by atoms with Crippen LogP contribution in [-0.2, 0) is 11.2 Å². The Morgan fingerprint density at radius 1 is 1.41 bits per heavy atom. The molecule has 1 fully saturated rings. The predicted molar refractivity (Wildman–Crippen MR) is 68.3 cm³/mol. The summed E-state index contributed by atoms with van der Waals surface area (Å²) in [4.78, 5) is 0. The quantitative estimate of drug-likeness (QED) is 0.795. The first-order valence-electron chi connectivity index (χ1n) is 5.76. The molecule has 0 radical (unpaired) electrons. The number of halogens is 2. The Labute approximate surface area is 109 Å². The van der Waals surface area contributed by atoms with Gasteiger partial charge in [0.05, 0.1) is 19.3 Å². The number of alkyl halides is 1. The molecule has 2 rings (SSSR count). The molecule has 2 nitrogen and oxygen atoms in total. The average molecular weight is 303 g/mol. The van der Waals surface area contributed by atoms with Crippen LogP contribution in [0.2, 0.25) is 0 Å². The molecule has 2 atom stereocenters. The van der Waals surface area contributed by atoms with Crippen LogP contribution in [0, 0.1) is 5.82 Å². The highest BCUT2D eigenvalue weighted by molar-refractivity contribution is 9.09. The first-order valence-corrected chi connectivity index (χ1v) is 6.89. The van der Waals surface area contributed by atoms with E-state index in [1.807, 2.05) is 0 Å². The Balaban J connectivity index is 2.05. The van der Waals surface area contributed by atoms with Gasteiger partial charge in [-0.3, -0.25) is 0 Å². The highest BCUT2D eigenvalue weighted by Gasteiger charge is 2.25. The molecule has 1 heterocycles. The van der Waals surface area contributed by atoms with Gasteiger partial charge in [-0.2, -0.15) is 0 Å². The van der Waals surface area contributed by atoms with Crippen molar-refractivity contribution < 1.29 is 13.9 Å². The number of methoxy groups -OCH3 is 1. The summed E-state index contributed by atoms with van der Waals surface area (Å²) in [5.74, 6) is 0.508. The van der Waals surface area contributed by atoms with Gasteiger partial charge in [0.2, 0.25) is 0 Å². The minimum Gasteiger partial charge on any atom is -0.496 e. The van der Waals surface area contributed by atoms with Crippen LogP contribution in [0.3, 0.4) is 0 Å². The molecule has 1 saturated heterocycles. The lowest BCUT2D eigenvalue weighted by molar-refractivity contribution is 0.0592. The molecule has 1 aliphatic heterocycles. The SMILES string of the molecule is COc1ccc(F)cc1C[C@H]1CC[C@H](CBr)O1. The zero-order chi connectivity index (χ0) is 12.3. The third-order valence-electron chi connectivity index (χ3n) is 3.06. The molecule has 0 unspecified atom stereocenters. The van der Waals surface area contributed by atoms with E-state index in [4.69, 9.17) is 9.47 Å². The van der Waals surface area contributed by atoms with E-state index in [-0.39, 0.29) is 11.9 Å². The molecular formula is C13H16BrFO2. The molecular weight excluding hydrogens is 287 g/mol. The van der Waals surface area contributed by atoms with Gasteiger partial charge in [0.25, 0.3) is 0 Å². The normalized spacial score (nSPS) is 23.9. The van der Waals surface area contributed by atoms with Gasteiger partial charge in [-0.15, -0.1) is 0 Å². The number of rotatable bonds is 4. The highest BCUT2D eigenvalue weighted by atomic mass is 79.9.